The Morgan fingerprint density at radius 1 is 0.629 bits per heavy atom. The number of rotatable bonds is 24. The molecule has 0 radical (unpaired) electrons. The van der Waals surface area contributed by atoms with Crippen LogP contribution in [0.2, 0.25) is 0 Å². The monoisotopic (exact) mass is 493 g/mol. The van der Waals surface area contributed by atoms with Gasteiger partial charge in [0, 0.05) is 12.3 Å². The minimum Gasteiger partial charge on any atom is -0.459 e. The third-order valence-electron chi connectivity index (χ3n) is 8.18. The number of unbranched alkanes of at least 4 members (excludes halogenated alkanes) is 20. The Hall–Kier alpha value is -0.570. The average Bonchev–Trinajstić information content (AvgIpc) is 2.85. The van der Waals surface area contributed by atoms with Crippen LogP contribution in [0.4, 0.5) is 0 Å². The van der Waals surface area contributed by atoms with E-state index >= 15 is 0 Å². The standard InChI is InChI=1S/C32H63NO2/c1-4-5-6-7-8-9-10-11-12-13-14-15-16-17-18-19-20-21-22-23-24-25-31(34)35-32(2,3)30-26-28-33-29-27-30/h30,33H,4-29H2,1-3H3. The van der Waals surface area contributed by atoms with Crippen molar-refractivity contribution in [1.29, 1.82) is 0 Å². The van der Waals surface area contributed by atoms with Crippen LogP contribution in [0.15, 0.2) is 0 Å². The van der Waals surface area contributed by atoms with Crippen molar-refractivity contribution in [2.45, 2.75) is 180 Å². The highest BCUT2D eigenvalue weighted by Gasteiger charge is 2.33. The molecular formula is C32H63NO2. The molecule has 0 aliphatic carbocycles. The van der Waals surface area contributed by atoms with E-state index in [-0.39, 0.29) is 11.6 Å². The first kappa shape index (κ1) is 32.5. The molecule has 1 aliphatic rings. The van der Waals surface area contributed by atoms with Gasteiger partial charge in [-0.3, -0.25) is 4.79 Å². The number of esters is 1. The molecule has 0 spiro atoms. The zero-order valence-electron chi connectivity index (χ0n) is 24.3. The molecule has 1 aliphatic heterocycles. The summed E-state index contributed by atoms with van der Waals surface area (Å²) in [5, 5.41) is 3.39. The third-order valence-corrected chi connectivity index (χ3v) is 8.18. The molecule has 0 atom stereocenters. The number of hydrogen-bond donors (Lipinski definition) is 1. The van der Waals surface area contributed by atoms with Gasteiger partial charge in [0.15, 0.2) is 0 Å². The van der Waals surface area contributed by atoms with Gasteiger partial charge in [-0.05, 0) is 46.2 Å². The molecule has 1 fully saturated rings. The molecule has 0 aromatic heterocycles. The lowest BCUT2D eigenvalue weighted by Crippen LogP contribution is -2.42. The molecule has 0 amide bonds. The molecule has 3 heteroatoms. The highest BCUT2D eigenvalue weighted by atomic mass is 16.6. The number of carbonyl (C=O) groups is 1. The molecule has 0 unspecified atom stereocenters. The van der Waals surface area contributed by atoms with Gasteiger partial charge in [-0.2, -0.15) is 0 Å². The van der Waals surface area contributed by atoms with E-state index < -0.39 is 0 Å². The van der Waals surface area contributed by atoms with Gasteiger partial charge in [-0.15, -0.1) is 0 Å². The lowest BCUT2D eigenvalue weighted by atomic mass is 9.83. The maximum absolute atomic E-state index is 12.3. The van der Waals surface area contributed by atoms with Crippen LogP contribution in [0, 0.1) is 5.92 Å². The van der Waals surface area contributed by atoms with Gasteiger partial charge >= 0.3 is 5.97 Å². The maximum Gasteiger partial charge on any atom is 0.306 e. The van der Waals surface area contributed by atoms with E-state index in [1.807, 2.05) is 0 Å². The smallest absolute Gasteiger partial charge is 0.306 e. The van der Waals surface area contributed by atoms with Crippen LogP contribution in [-0.4, -0.2) is 24.7 Å². The summed E-state index contributed by atoms with van der Waals surface area (Å²) in [6.07, 6.45) is 32.0. The summed E-state index contributed by atoms with van der Waals surface area (Å²) in [6.45, 7) is 8.58. The van der Waals surface area contributed by atoms with Crippen molar-refractivity contribution in [1.82, 2.24) is 5.32 Å². The summed E-state index contributed by atoms with van der Waals surface area (Å²) in [4.78, 5) is 12.3. The van der Waals surface area contributed by atoms with Crippen molar-refractivity contribution < 1.29 is 9.53 Å². The second kappa shape index (κ2) is 22.6. The zero-order valence-corrected chi connectivity index (χ0v) is 24.3. The summed E-state index contributed by atoms with van der Waals surface area (Å²) in [5.41, 5.74) is -0.313. The fourth-order valence-corrected chi connectivity index (χ4v) is 5.65. The first-order valence-corrected chi connectivity index (χ1v) is 16.0. The number of carbonyl (C=O) groups excluding carboxylic acids is 1. The molecule has 1 rings (SSSR count). The van der Waals surface area contributed by atoms with E-state index in [1.54, 1.807) is 0 Å². The largest absolute Gasteiger partial charge is 0.459 e. The Morgan fingerprint density at radius 3 is 1.34 bits per heavy atom. The van der Waals surface area contributed by atoms with Crippen molar-refractivity contribution >= 4 is 5.97 Å². The second-order valence-corrected chi connectivity index (χ2v) is 11.9. The van der Waals surface area contributed by atoms with Crippen molar-refractivity contribution in [2.24, 2.45) is 5.92 Å². The Bertz CT molecular complexity index is 470. The van der Waals surface area contributed by atoms with Gasteiger partial charge in [-0.25, -0.2) is 0 Å². The van der Waals surface area contributed by atoms with Crippen LogP contribution >= 0.6 is 0 Å². The van der Waals surface area contributed by atoms with Crippen molar-refractivity contribution in [3.63, 3.8) is 0 Å². The van der Waals surface area contributed by atoms with Crippen LogP contribution in [0.3, 0.4) is 0 Å². The van der Waals surface area contributed by atoms with E-state index in [9.17, 15) is 4.79 Å². The van der Waals surface area contributed by atoms with Crippen molar-refractivity contribution in [3.05, 3.63) is 0 Å². The summed E-state index contributed by atoms with van der Waals surface area (Å²) in [6, 6.07) is 0. The first-order valence-electron chi connectivity index (χ1n) is 16.0. The van der Waals surface area contributed by atoms with Crippen LogP contribution < -0.4 is 5.32 Å². The van der Waals surface area contributed by atoms with Gasteiger partial charge in [0.2, 0.25) is 0 Å². The molecular weight excluding hydrogens is 430 g/mol. The molecule has 1 N–H and O–H groups in total. The Kier molecular flexibility index (Phi) is 21.0. The highest BCUT2D eigenvalue weighted by molar-refractivity contribution is 5.69. The van der Waals surface area contributed by atoms with Gasteiger partial charge < -0.3 is 10.1 Å². The fourth-order valence-electron chi connectivity index (χ4n) is 5.65. The third kappa shape index (κ3) is 19.2. The van der Waals surface area contributed by atoms with Crippen LogP contribution in [0.5, 0.6) is 0 Å². The Morgan fingerprint density at radius 2 is 0.971 bits per heavy atom. The normalized spacial score (nSPS) is 14.9. The van der Waals surface area contributed by atoms with Gasteiger partial charge in [0.1, 0.15) is 5.60 Å². The highest BCUT2D eigenvalue weighted by Crippen LogP contribution is 2.29. The molecule has 208 valence electrons. The Labute approximate surface area is 220 Å². The maximum atomic E-state index is 12.3. The first-order chi connectivity index (χ1) is 17.1. The van der Waals surface area contributed by atoms with Crippen LogP contribution in [0.1, 0.15) is 175 Å². The lowest BCUT2D eigenvalue weighted by molar-refractivity contribution is -0.162. The number of piperidine rings is 1. The summed E-state index contributed by atoms with van der Waals surface area (Å²) < 4.78 is 5.85. The van der Waals surface area contributed by atoms with Gasteiger partial charge in [-0.1, -0.05) is 135 Å². The molecule has 1 saturated heterocycles. The van der Waals surface area contributed by atoms with E-state index in [0.717, 1.165) is 32.4 Å². The van der Waals surface area contributed by atoms with Gasteiger partial charge in [0.05, 0.1) is 0 Å². The number of nitrogens with one attached hydrogen (secondary N) is 1. The topological polar surface area (TPSA) is 38.3 Å². The number of hydrogen-bond acceptors (Lipinski definition) is 3. The van der Waals surface area contributed by atoms with E-state index in [1.165, 1.54) is 128 Å². The molecule has 0 aromatic carbocycles. The summed E-state index contributed by atoms with van der Waals surface area (Å²) in [5.74, 6) is 0.499. The van der Waals surface area contributed by atoms with Crippen LogP contribution in [0.25, 0.3) is 0 Å². The molecule has 0 bridgehead atoms. The van der Waals surface area contributed by atoms with E-state index in [4.69, 9.17) is 4.74 Å². The Balaban J connectivity index is 1.77. The zero-order chi connectivity index (χ0) is 25.5. The van der Waals surface area contributed by atoms with E-state index in [0.29, 0.717) is 12.3 Å². The average molecular weight is 494 g/mol. The molecule has 1 heterocycles. The van der Waals surface area contributed by atoms with E-state index in [2.05, 4.69) is 26.1 Å². The quantitative estimate of drug-likeness (QED) is 0.107. The molecule has 3 nitrogen and oxygen atoms in total. The summed E-state index contributed by atoms with van der Waals surface area (Å²) in [7, 11) is 0. The molecule has 35 heavy (non-hydrogen) atoms. The van der Waals surface area contributed by atoms with Gasteiger partial charge in [0.25, 0.3) is 0 Å². The fraction of sp³-hybridized carbons (Fsp3) is 0.969. The van der Waals surface area contributed by atoms with Crippen molar-refractivity contribution in [3.8, 4) is 0 Å². The SMILES string of the molecule is CCCCCCCCCCCCCCCCCCCCCCCC(=O)OC(C)(C)C1CCNCC1. The minimum absolute atomic E-state index is 0.00587. The molecule has 0 aromatic rings. The predicted octanol–water partition coefficient (Wildman–Crippen LogP) is 9.91. The van der Waals surface area contributed by atoms with Crippen molar-refractivity contribution in [2.75, 3.05) is 13.1 Å². The number of ether oxygens (including phenoxy) is 1. The lowest BCUT2D eigenvalue weighted by Gasteiger charge is -2.36. The van der Waals surface area contributed by atoms with Crippen LogP contribution in [-0.2, 0) is 9.53 Å². The predicted molar refractivity (Wildman–Crippen MR) is 153 cm³/mol. The second-order valence-electron chi connectivity index (χ2n) is 11.9. The molecule has 0 saturated carbocycles. The summed E-state index contributed by atoms with van der Waals surface area (Å²) >= 11 is 0. The minimum atomic E-state index is -0.313.